The van der Waals surface area contributed by atoms with Crippen LogP contribution in [0, 0.1) is 0 Å². The fraction of sp³-hybridized carbons (Fsp3) is 0.174. The van der Waals surface area contributed by atoms with Crippen LogP contribution < -0.4 is 9.47 Å². The molecular formula is C23H20O3. The Morgan fingerprint density at radius 3 is 2.50 bits per heavy atom. The topological polar surface area (TPSA) is 35.5 Å². The third-order valence-corrected chi connectivity index (χ3v) is 4.76. The molecule has 0 N–H and O–H groups in total. The summed E-state index contributed by atoms with van der Waals surface area (Å²) in [4.78, 5) is 12.8. The van der Waals surface area contributed by atoms with Gasteiger partial charge in [-0.15, -0.1) is 0 Å². The van der Waals surface area contributed by atoms with Gasteiger partial charge in [-0.1, -0.05) is 61.5 Å². The van der Waals surface area contributed by atoms with Crippen LogP contribution in [0.2, 0.25) is 0 Å². The summed E-state index contributed by atoms with van der Waals surface area (Å²) in [6.07, 6.45) is 1.38. The summed E-state index contributed by atoms with van der Waals surface area (Å²) in [6.45, 7) is 2.00. The standard InChI is InChI=1S/C23H20O3/c1-2-18(16-9-4-3-5-10-16)23(24)26-22-14-8-13-21-19(22)15-17-11-6-7-12-20(17)25-21/h3-14,18H,2,15H2,1H3. The van der Waals surface area contributed by atoms with Crippen molar-refractivity contribution in [1.82, 2.24) is 0 Å². The van der Waals surface area contributed by atoms with Gasteiger partial charge in [-0.25, -0.2) is 0 Å². The van der Waals surface area contributed by atoms with Crippen LogP contribution in [0.1, 0.15) is 36.0 Å². The van der Waals surface area contributed by atoms with Gasteiger partial charge in [0.15, 0.2) is 0 Å². The fourth-order valence-corrected chi connectivity index (χ4v) is 3.37. The first kappa shape index (κ1) is 16.4. The van der Waals surface area contributed by atoms with Crippen LogP contribution >= 0.6 is 0 Å². The Morgan fingerprint density at radius 1 is 0.962 bits per heavy atom. The van der Waals surface area contributed by atoms with Crippen molar-refractivity contribution in [3.05, 3.63) is 89.5 Å². The van der Waals surface area contributed by atoms with Crippen molar-refractivity contribution in [2.24, 2.45) is 0 Å². The smallest absolute Gasteiger partial charge is 0.318 e. The van der Waals surface area contributed by atoms with Crippen LogP contribution in [0.25, 0.3) is 0 Å². The molecular weight excluding hydrogens is 324 g/mol. The molecule has 1 aliphatic rings. The lowest BCUT2D eigenvalue weighted by Gasteiger charge is -2.23. The van der Waals surface area contributed by atoms with E-state index in [4.69, 9.17) is 9.47 Å². The number of hydrogen-bond donors (Lipinski definition) is 0. The highest BCUT2D eigenvalue weighted by Crippen LogP contribution is 2.41. The molecule has 26 heavy (non-hydrogen) atoms. The second kappa shape index (κ2) is 7.04. The first-order chi connectivity index (χ1) is 12.8. The maximum Gasteiger partial charge on any atom is 0.318 e. The maximum absolute atomic E-state index is 12.8. The SMILES string of the molecule is CCC(C(=O)Oc1cccc2c1Cc1ccccc1O2)c1ccccc1. The van der Waals surface area contributed by atoms with Crippen molar-refractivity contribution in [2.45, 2.75) is 25.7 Å². The number of rotatable bonds is 4. The molecule has 0 saturated carbocycles. The normalized spacial score (nSPS) is 13.1. The van der Waals surface area contributed by atoms with Gasteiger partial charge in [0.1, 0.15) is 17.2 Å². The second-order valence-electron chi connectivity index (χ2n) is 6.41. The predicted molar refractivity (Wildman–Crippen MR) is 101 cm³/mol. The minimum Gasteiger partial charge on any atom is -0.457 e. The van der Waals surface area contributed by atoms with E-state index in [1.807, 2.05) is 79.7 Å². The average Bonchev–Trinajstić information content (AvgIpc) is 2.68. The van der Waals surface area contributed by atoms with Gasteiger partial charge in [0.05, 0.1) is 5.92 Å². The molecule has 1 unspecified atom stereocenters. The Bertz CT molecular complexity index is 931. The van der Waals surface area contributed by atoms with Gasteiger partial charge in [0.25, 0.3) is 0 Å². The molecule has 0 saturated heterocycles. The van der Waals surface area contributed by atoms with Crippen LogP contribution in [-0.4, -0.2) is 5.97 Å². The molecule has 0 aromatic heterocycles. The molecule has 0 spiro atoms. The predicted octanol–water partition coefficient (Wildman–Crippen LogP) is 5.48. The van der Waals surface area contributed by atoms with E-state index >= 15 is 0 Å². The first-order valence-corrected chi connectivity index (χ1v) is 8.90. The van der Waals surface area contributed by atoms with Crippen molar-refractivity contribution in [2.75, 3.05) is 0 Å². The molecule has 1 heterocycles. The highest BCUT2D eigenvalue weighted by molar-refractivity contribution is 5.81. The summed E-state index contributed by atoms with van der Waals surface area (Å²) in [6, 6.07) is 23.3. The molecule has 0 radical (unpaired) electrons. The molecule has 130 valence electrons. The molecule has 3 heteroatoms. The zero-order valence-corrected chi connectivity index (χ0v) is 14.6. The molecule has 4 rings (SSSR count). The molecule has 0 amide bonds. The summed E-state index contributed by atoms with van der Waals surface area (Å²) in [7, 11) is 0. The van der Waals surface area contributed by atoms with Gasteiger partial charge in [-0.3, -0.25) is 4.79 Å². The third kappa shape index (κ3) is 3.08. The quantitative estimate of drug-likeness (QED) is 0.363. The number of fused-ring (bicyclic) bond motifs is 2. The van der Waals surface area contributed by atoms with Crippen LogP contribution in [-0.2, 0) is 11.2 Å². The third-order valence-electron chi connectivity index (χ3n) is 4.76. The lowest BCUT2D eigenvalue weighted by molar-refractivity contribution is -0.136. The zero-order valence-electron chi connectivity index (χ0n) is 14.6. The second-order valence-corrected chi connectivity index (χ2v) is 6.41. The van der Waals surface area contributed by atoms with E-state index < -0.39 is 0 Å². The van der Waals surface area contributed by atoms with Gasteiger partial charge >= 0.3 is 5.97 Å². The van der Waals surface area contributed by atoms with E-state index in [1.54, 1.807) is 0 Å². The summed E-state index contributed by atoms with van der Waals surface area (Å²) in [5.41, 5.74) is 2.99. The van der Waals surface area contributed by atoms with E-state index in [0.29, 0.717) is 18.6 Å². The average molecular weight is 344 g/mol. The number of para-hydroxylation sites is 1. The first-order valence-electron chi connectivity index (χ1n) is 8.90. The van der Waals surface area contributed by atoms with E-state index in [-0.39, 0.29) is 11.9 Å². The highest BCUT2D eigenvalue weighted by atomic mass is 16.5. The van der Waals surface area contributed by atoms with Gasteiger partial charge in [-0.05, 0) is 35.7 Å². The van der Waals surface area contributed by atoms with Crippen molar-refractivity contribution < 1.29 is 14.3 Å². The van der Waals surface area contributed by atoms with Crippen molar-refractivity contribution in [1.29, 1.82) is 0 Å². The lowest BCUT2D eigenvalue weighted by Crippen LogP contribution is -2.19. The molecule has 3 aromatic rings. The molecule has 3 aromatic carbocycles. The highest BCUT2D eigenvalue weighted by Gasteiger charge is 2.25. The van der Waals surface area contributed by atoms with Gasteiger partial charge in [0.2, 0.25) is 0 Å². The van der Waals surface area contributed by atoms with E-state index in [9.17, 15) is 4.79 Å². The molecule has 0 bridgehead atoms. The number of esters is 1. The fourth-order valence-electron chi connectivity index (χ4n) is 3.37. The van der Waals surface area contributed by atoms with Gasteiger partial charge in [-0.2, -0.15) is 0 Å². The van der Waals surface area contributed by atoms with E-state index in [1.165, 1.54) is 0 Å². The molecule has 1 aliphatic heterocycles. The minimum atomic E-state index is -0.274. The Labute approximate surface area is 153 Å². The maximum atomic E-state index is 12.8. The van der Waals surface area contributed by atoms with Crippen LogP contribution in [0.5, 0.6) is 17.2 Å². The van der Waals surface area contributed by atoms with E-state index in [0.717, 1.165) is 28.2 Å². The van der Waals surface area contributed by atoms with Crippen LogP contribution in [0.3, 0.4) is 0 Å². The number of carbonyl (C=O) groups excluding carboxylic acids is 1. The number of benzene rings is 3. The zero-order chi connectivity index (χ0) is 17.9. The molecule has 0 fully saturated rings. The summed E-state index contributed by atoms with van der Waals surface area (Å²) < 4.78 is 11.8. The number of hydrogen-bond acceptors (Lipinski definition) is 3. The summed E-state index contributed by atoms with van der Waals surface area (Å²) in [5, 5.41) is 0. The minimum absolute atomic E-state index is 0.231. The molecule has 1 atom stereocenters. The molecule has 0 aliphatic carbocycles. The summed E-state index contributed by atoms with van der Waals surface area (Å²) in [5.74, 6) is 1.69. The monoisotopic (exact) mass is 344 g/mol. The Balaban J connectivity index is 1.61. The van der Waals surface area contributed by atoms with Crippen molar-refractivity contribution in [3.63, 3.8) is 0 Å². The van der Waals surface area contributed by atoms with Gasteiger partial charge < -0.3 is 9.47 Å². The Morgan fingerprint density at radius 2 is 1.69 bits per heavy atom. The van der Waals surface area contributed by atoms with E-state index in [2.05, 4.69) is 0 Å². The number of ether oxygens (including phenoxy) is 2. The lowest BCUT2D eigenvalue weighted by atomic mass is 9.96. The van der Waals surface area contributed by atoms with Crippen molar-refractivity contribution >= 4 is 5.97 Å². The van der Waals surface area contributed by atoms with Gasteiger partial charge in [0, 0.05) is 12.0 Å². The van der Waals surface area contributed by atoms with Crippen LogP contribution in [0.4, 0.5) is 0 Å². The van der Waals surface area contributed by atoms with Crippen molar-refractivity contribution in [3.8, 4) is 17.2 Å². The Hall–Kier alpha value is -3.07. The number of carbonyl (C=O) groups is 1. The van der Waals surface area contributed by atoms with Crippen LogP contribution in [0.15, 0.2) is 72.8 Å². The molecule has 3 nitrogen and oxygen atoms in total. The Kier molecular flexibility index (Phi) is 4.44. The summed E-state index contributed by atoms with van der Waals surface area (Å²) >= 11 is 0. The largest absolute Gasteiger partial charge is 0.457 e.